The average molecular weight is 408 g/mol. The molecule has 1 N–H and O–H groups in total. The van der Waals surface area contributed by atoms with Crippen LogP contribution in [0.1, 0.15) is 0 Å². The van der Waals surface area contributed by atoms with Crippen molar-refractivity contribution in [2.45, 2.75) is 9.79 Å². The molecule has 0 saturated carbocycles. The van der Waals surface area contributed by atoms with E-state index in [0.717, 1.165) is 34.9 Å². The van der Waals surface area contributed by atoms with Gasteiger partial charge in [0.15, 0.2) is 6.61 Å². The number of para-hydroxylation sites is 1. The molecule has 0 aliphatic heterocycles. The zero-order valence-electron chi connectivity index (χ0n) is 13.9. The molecule has 0 heterocycles. The van der Waals surface area contributed by atoms with Crippen LogP contribution in [0, 0.1) is 23.0 Å². The van der Waals surface area contributed by atoms with Gasteiger partial charge in [-0.3, -0.25) is 9.59 Å². The fourth-order valence-electron chi connectivity index (χ4n) is 1.90. The predicted molar refractivity (Wildman–Crippen MR) is 99.4 cm³/mol. The van der Waals surface area contributed by atoms with Gasteiger partial charge in [0.05, 0.1) is 23.3 Å². The molecule has 140 valence electrons. The first kappa shape index (κ1) is 20.7. The van der Waals surface area contributed by atoms with E-state index in [0.29, 0.717) is 5.69 Å². The summed E-state index contributed by atoms with van der Waals surface area (Å²) >= 11 is 2.05. The van der Waals surface area contributed by atoms with Crippen LogP contribution in [0.2, 0.25) is 0 Å². The molecule has 0 fully saturated rings. The Morgan fingerprint density at radius 2 is 1.89 bits per heavy atom. The highest BCUT2D eigenvalue weighted by Gasteiger charge is 2.12. The number of esters is 1. The Kier molecular flexibility index (Phi) is 8.10. The SMILES string of the molecule is N#CCSc1ccccc1NC(=O)COC(=O)CSc1cc(F)ccc1F. The van der Waals surface area contributed by atoms with Crippen molar-refractivity contribution in [3.8, 4) is 6.07 Å². The molecule has 0 aliphatic carbocycles. The highest BCUT2D eigenvalue weighted by atomic mass is 32.2. The van der Waals surface area contributed by atoms with Crippen molar-refractivity contribution >= 4 is 41.1 Å². The number of hydrogen-bond donors (Lipinski definition) is 1. The Balaban J connectivity index is 1.81. The van der Waals surface area contributed by atoms with Gasteiger partial charge >= 0.3 is 5.97 Å². The maximum atomic E-state index is 13.5. The minimum atomic E-state index is -0.731. The molecule has 2 rings (SSSR count). The van der Waals surface area contributed by atoms with Gasteiger partial charge in [-0.1, -0.05) is 12.1 Å². The normalized spacial score (nSPS) is 10.1. The van der Waals surface area contributed by atoms with E-state index in [1.165, 1.54) is 11.8 Å². The third-order valence-corrected chi connectivity index (χ3v) is 5.00. The number of halogens is 2. The smallest absolute Gasteiger partial charge is 0.316 e. The Morgan fingerprint density at radius 3 is 2.67 bits per heavy atom. The fraction of sp³-hybridized carbons (Fsp3) is 0.167. The quantitative estimate of drug-likeness (QED) is 0.528. The number of nitrogens with one attached hydrogen (secondary N) is 1. The van der Waals surface area contributed by atoms with Gasteiger partial charge in [0.1, 0.15) is 11.6 Å². The summed E-state index contributed by atoms with van der Waals surface area (Å²) in [6.07, 6.45) is 0. The number of nitrogens with zero attached hydrogens (tertiary/aromatic N) is 1. The number of rotatable bonds is 8. The van der Waals surface area contributed by atoms with E-state index in [9.17, 15) is 18.4 Å². The van der Waals surface area contributed by atoms with Gasteiger partial charge in [-0.25, -0.2) is 8.78 Å². The number of thioether (sulfide) groups is 2. The summed E-state index contributed by atoms with van der Waals surface area (Å²) in [6, 6.07) is 11.9. The van der Waals surface area contributed by atoms with Gasteiger partial charge in [-0.2, -0.15) is 5.26 Å². The standard InChI is InChI=1S/C18H14F2N2O3S2/c19-12-5-6-13(20)16(9-12)27-11-18(24)25-10-17(23)22-14-3-1-2-4-15(14)26-8-7-21/h1-6,9H,8,10-11H2,(H,22,23). The van der Waals surface area contributed by atoms with E-state index in [2.05, 4.69) is 5.32 Å². The first-order chi connectivity index (χ1) is 13.0. The minimum absolute atomic E-state index is 0.0140. The van der Waals surface area contributed by atoms with Crippen LogP contribution in [0.15, 0.2) is 52.3 Å². The van der Waals surface area contributed by atoms with Gasteiger partial charge in [0.2, 0.25) is 0 Å². The van der Waals surface area contributed by atoms with Crippen molar-refractivity contribution in [2.24, 2.45) is 0 Å². The number of amides is 1. The maximum absolute atomic E-state index is 13.5. The average Bonchev–Trinajstić information content (AvgIpc) is 2.66. The Morgan fingerprint density at radius 1 is 1.11 bits per heavy atom. The summed E-state index contributed by atoms with van der Waals surface area (Å²) in [5.74, 6) is -2.56. The van der Waals surface area contributed by atoms with Crippen LogP contribution < -0.4 is 5.32 Å². The van der Waals surface area contributed by atoms with Gasteiger partial charge in [0.25, 0.3) is 5.91 Å². The van der Waals surface area contributed by atoms with Crippen LogP contribution in [-0.2, 0) is 14.3 Å². The number of benzene rings is 2. The van der Waals surface area contributed by atoms with Crippen LogP contribution in [0.25, 0.3) is 0 Å². The van der Waals surface area contributed by atoms with E-state index < -0.39 is 30.1 Å². The molecule has 2 aromatic rings. The summed E-state index contributed by atoms with van der Waals surface area (Å²) in [7, 11) is 0. The van der Waals surface area contributed by atoms with Crippen LogP contribution >= 0.6 is 23.5 Å². The van der Waals surface area contributed by atoms with Crippen LogP contribution in [0.3, 0.4) is 0 Å². The van der Waals surface area contributed by atoms with Gasteiger partial charge < -0.3 is 10.1 Å². The molecule has 0 radical (unpaired) electrons. The lowest BCUT2D eigenvalue weighted by Gasteiger charge is -2.10. The van der Waals surface area contributed by atoms with E-state index in [1.807, 2.05) is 6.07 Å². The summed E-state index contributed by atoms with van der Waals surface area (Å²) in [5.41, 5.74) is 0.509. The monoisotopic (exact) mass is 408 g/mol. The molecule has 9 heteroatoms. The Hall–Kier alpha value is -2.57. The predicted octanol–water partition coefficient (Wildman–Crippen LogP) is 3.85. The summed E-state index contributed by atoms with van der Waals surface area (Å²) in [6.45, 7) is -0.512. The van der Waals surface area contributed by atoms with Gasteiger partial charge in [0, 0.05) is 9.79 Å². The number of anilines is 1. The van der Waals surface area contributed by atoms with Crippen molar-refractivity contribution in [3.05, 3.63) is 54.1 Å². The Bertz CT molecular complexity index is 872. The van der Waals surface area contributed by atoms with Crippen molar-refractivity contribution < 1.29 is 23.1 Å². The zero-order chi connectivity index (χ0) is 19.6. The second-order valence-corrected chi connectivity index (χ2v) is 7.05. The molecule has 0 aromatic heterocycles. The molecule has 1 amide bonds. The molecule has 0 saturated heterocycles. The fourth-order valence-corrected chi connectivity index (χ4v) is 3.33. The second-order valence-electron chi connectivity index (χ2n) is 5.02. The number of ether oxygens (including phenoxy) is 1. The van der Waals surface area contributed by atoms with Gasteiger partial charge in [-0.15, -0.1) is 23.5 Å². The molecule has 27 heavy (non-hydrogen) atoms. The summed E-state index contributed by atoms with van der Waals surface area (Å²) in [5, 5.41) is 11.3. The number of carbonyl (C=O) groups excluding carboxylic acids is 2. The second kappa shape index (κ2) is 10.5. The van der Waals surface area contributed by atoms with Gasteiger partial charge in [-0.05, 0) is 30.3 Å². The lowest BCUT2D eigenvalue weighted by molar-refractivity contribution is -0.144. The van der Waals surface area contributed by atoms with Crippen LogP contribution in [0.5, 0.6) is 0 Å². The Labute approximate surface area is 163 Å². The summed E-state index contributed by atoms with van der Waals surface area (Å²) in [4.78, 5) is 24.3. The van der Waals surface area contributed by atoms with Crippen molar-refractivity contribution in [3.63, 3.8) is 0 Å². The number of carbonyl (C=O) groups is 2. The first-order valence-electron chi connectivity index (χ1n) is 7.61. The maximum Gasteiger partial charge on any atom is 0.316 e. The summed E-state index contributed by atoms with van der Waals surface area (Å²) < 4.78 is 31.4. The van der Waals surface area contributed by atoms with Crippen molar-refractivity contribution in [2.75, 3.05) is 23.4 Å². The largest absolute Gasteiger partial charge is 0.455 e. The topological polar surface area (TPSA) is 79.2 Å². The van der Waals surface area contributed by atoms with Crippen molar-refractivity contribution in [1.29, 1.82) is 5.26 Å². The number of nitriles is 1. The van der Waals surface area contributed by atoms with Crippen molar-refractivity contribution in [1.82, 2.24) is 0 Å². The van der Waals surface area contributed by atoms with Crippen LogP contribution in [-0.4, -0.2) is 30.0 Å². The molecule has 5 nitrogen and oxygen atoms in total. The lowest BCUT2D eigenvalue weighted by Crippen LogP contribution is -2.22. The minimum Gasteiger partial charge on any atom is -0.455 e. The molecule has 0 bridgehead atoms. The van der Waals surface area contributed by atoms with E-state index in [1.54, 1.807) is 24.3 Å². The molecule has 2 aromatic carbocycles. The molecule has 0 aliphatic rings. The van der Waals surface area contributed by atoms with E-state index in [-0.39, 0.29) is 16.4 Å². The van der Waals surface area contributed by atoms with E-state index in [4.69, 9.17) is 10.00 Å². The number of hydrogen-bond acceptors (Lipinski definition) is 6. The lowest BCUT2D eigenvalue weighted by atomic mass is 10.3. The third-order valence-electron chi connectivity index (χ3n) is 3.06. The van der Waals surface area contributed by atoms with Crippen LogP contribution in [0.4, 0.5) is 14.5 Å². The highest BCUT2D eigenvalue weighted by molar-refractivity contribution is 8.00. The molecule has 0 unspecified atom stereocenters. The molecule has 0 atom stereocenters. The van der Waals surface area contributed by atoms with E-state index >= 15 is 0 Å². The highest BCUT2D eigenvalue weighted by Crippen LogP contribution is 2.26. The zero-order valence-corrected chi connectivity index (χ0v) is 15.5. The molecule has 0 spiro atoms. The molecular weight excluding hydrogens is 394 g/mol. The molecular formula is C18H14F2N2O3S2. The first-order valence-corrected chi connectivity index (χ1v) is 9.59. The third kappa shape index (κ3) is 6.92.